The normalized spacial score (nSPS) is 17.2. The highest BCUT2D eigenvalue weighted by atomic mass is 16.1. The molecule has 5 nitrogen and oxygen atoms in total. The summed E-state index contributed by atoms with van der Waals surface area (Å²) in [6.07, 6.45) is 12.1. The van der Waals surface area contributed by atoms with Gasteiger partial charge in [-0.05, 0) is 60.4 Å². The van der Waals surface area contributed by atoms with Crippen molar-refractivity contribution in [1.82, 2.24) is 19.9 Å². The van der Waals surface area contributed by atoms with Crippen LogP contribution >= 0.6 is 0 Å². The van der Waals surface area contributed by atoms with Gasteiger partial charge in [-0.3, -0.25) is 24.7 Å². The standard InChI is InChI=1S/C23H16N4O/c28-23-17(11-15-1-5-19-21(13-15)26-9-7-24-19)3-4-18(23)12-16-2-6-20-22(14-16)27-10-8-25-20/h1-2,5-14H,3-4H2. The lowest BCUT2D eigenvalue weighted by molar-refractivity contribution is -0.111. The van der Waals surface area contributed by atoms with Crippen LogP contribution in [0.4, 0.5) is 0 Å². The lowest BCUT2D eigenvalue weighted by atomic mass is 10.1. The first-order chi connectivity index (χ1) is 13.8. The summed E-state index contributed by atoms with van der Waals surface area (Å²) in [6.45, 7) is 0. The minimum Gasteiger partial charge on any atom is -0.289 e. The van der Waals surface area contributed by atoms with Crippen LogP contribution in [0, 0.1) is 0 Å². The molecule has 134 valence electrons. The smallest absolute Gasteiger partial charge is 0.185 e. The number of hydrogen-bond donors (Lipinski definition) is 0. The highest BCUT2D eigenvalue weighted by Gasteiger charge is 2.23. The summed E-state index contributed by atoms with van der Waals surface area (Å²) in [6, 6.07) is 11.7. The van der Waals surface area contributed by atoms with Crippen LogP contribution in [0.25, 0.3) is 34.2 Å². The molecule has 1 aliphatic carbocycles. The molecule has 0 bridgehead atoms. The number of aromatic nitrogens is 4. The molecule has 2 aromatic heterocycles. The summed E-state index contributed by atoms with van der Waals surface area (Å²) in [5.41, 5.74) is 6.96. The van der Waals surface area contributed by atoms with Crippen LogP contribution in [0.1, 0.15) is 24.0 Å². The summed E-state index contributed by atoms with van der Waals surface area (Å²) in [4.78, 5) is 30.1. The van der Waals surface area contributed by atoms with Crippen molar-refractivity contribution in [3.05, 3.63) is 83.5 Å². The second-order valence-electron chi connectivity index (χ2n) is 6.78. The van der Waals surface area contributed by atoms with Gasteiger partial charge in [0, 0.05) is 35.9 Å². The lowest BCUT2D eigenvalue weighted by Crippen LogP contribution is -1.96. The van der Waals surface area contributed by atoms with Crippen molar-refractivity contribution in [1.29, 1.82) is 0 Å². The molecular formula is C23H16N4O. The first-order valence-corrected chi connectivity index (χ1v) is 9.14. The number of carbonyl (C=O) groups excluding carboxylic acids is 1. The van der Waals surface area contributed by atoms with Gasteiger partial charge >= 0.3 is 0 Å². The maximum atomic E-state index is 12.8. The molecule has 0 spiro atoms. The lowest BCUT2D eigenvalue weighted by Gasteiger charge is -2.00. The first-order valence-electron chi connectivity index (χ1n) is 9.14. The van der Waals surface area contributed by atoms with E-state index in [9.17, 15) is 4.79 Å². The number of carbonyl (C=O) groups is 1. The quantitative estimate of drug-likeness (QED) is 0.493. The summed E-state index contributed by atoms with van der Waals surface area (Å²) in [7, 11) is 0. The molecule has 1 fully saturated rings. The first kappa shape index (κ1) is 16.4. The van der Waals surface area contributed by atoms with Crippen molar-refractivity contribution in [2.45, 2.75) is 12.8 Å². The minimum absolute atomic E-state index is 0.110. The predicted octanol–water partition coefficient (Wildman–Crippen LogP) is 4.40. The fourth-order valence-corrected chi connectivity index (χ4v) is 3.52. The Hall–Kier alpha value is -3.73. The Morgan fingerprint density at radius 3 is 1.50 bits per heavy atom. The molecule has 4 aromatic rings. The fraction of sp³-hybridized carbons (Fsp3) is 0.0870. The van der Waals surface area contributed by atoms with Gasteiger partial charge in [0.1, 0.15) is 0 Å². The Labute approximate surface area is 161 Å². The summed E-state index contributed by atoms with van der Waals surface area (Å²) in [5, 5.41) is 0. The topological polar surface area (TPSA) is 68.6 Å². The van der Waals surface area contributed by atoms with E-state index >= 15 is 0 Å². The number of Topliss-reactive ketones (excluding diaryl/α,β-unsaturated/α-hetero) is 1. The molecule has 0 aliphatic heterocycles. The minimum atomic E-state index is 0.110. The average Bonchev–Trinajstić information content (AvgIpc) is 3.07. The molecule has 5 rings (SSSR count). The van der Waals surface area contributed by atoms with Crippen LogP contribution in [0.2, 0.25) is 0 Å². The number of allylic oxidation sites excluding steroid dienone is 2. The van der Waals surface area contributed by atoms with Crippen molar-refractivity contribution in [2.24, 2.45) is 0 Å². The fourth-order valence-electron chi connectivity index (χ4n) is 3.52. The van der Waals surface area contributed by atoms with E-state index in [0.29, 0.717) is 0 Å². The van der Waals surface area contributed by atoms with Crippen LogP contribution in [0.5, 0.6) is 0 Å². The van der Waals surface area contributed by atoms with Crippen molar-refractivity contribution >= 4 is 40.0 Å². The molecule has 2 aromatic carbocycles. The number of hydrogen-bond acceptors (Lipinski definition) is 5. The molecule has 0 amide bonds. The molecule has 2 heterocycles. The molecule has 0 N–H and O–H groups in total. The highest BCUT2D eigenvalue weighted by Crippen LogP contribution is 2.30. The van der Waals surface area contributed by atoms with E-state index in [2.05, 4.69) is 19.9 Å². The third-order valence-electron chi connectivity index (χ3n) is 4.92. The van der Waals surface area contributed by atoms with E-state index in [0.717, 1.165) is 57.2 Å². The van der Waals surface area contributed by atoms with E-state index in [-0.39, 0.29) is 5.78 Å². The molecule has 0 radical (unpaired) electrons. The van der Waals surface area contributed by atoms with Crippen molar-refractivity contribution in [2.75, 3.05) is 0 Å². The third-order valence-corrected chi connectivity index (χ3v) is 4.92. The van der Waals surface area contributed by atoms with Crippen LogP contribution in [-0.2, 0) is 4.79 Å². The highest BCUT2D eigenvalue weighted by molar-refractivity contribution is 6.15. The average molecular weight is 364 g/mol. The summed E-state index contributed by atoms with van der Waals surface area (Å²) in [5.74, 6) is 0.110. The zero-order valence-corrected chi connectivity index (χ0v) is 15.0. The van der Waals surface area contributed by atoms with E-state index in [1.807, 2.05) is 48.6 Å². The summed E-state index contributed by atoms with van der Waals surface area (Å²) >= 11 is 0. The maximum absolute atomic E-state index is 12.8. The van der Waals surface area contributed by atoms with Gasteiger partial charge in [0.25, 0.3) is 0 Å². The Kier molecular flexibility index (Phi) is 3.98. The molecule has 1 saturated carbocycles. The van der Waals surface area contributed by atoms with Crippen molar-refractivity contribution in [3.63, 3.8) is 0 Å². The van der Waals surface area contributed by atoms with E-state index in [1.54, 1.807) is 24.8 Å². The summed E-state index contributed by atoms with van der Waals surface area (Å²) < 4.78 is 0. The Bertz CT molecular complexity index is 1190. The molecule has 0 unspecified atom stereocenters. The number of fused-ring (bicyclic) bond motifs is 2. The van der Waals surface area contributed by atoms with E-state index < -0.39 is 0 Å². The van der Waals surface area contributed by atoms with Crippen LogP contribution in [0.15, 0.2) is 72.3 Å². The van der Waals surface area contributed by atoms with Gasteiger partial charge in [0.2, 0.25) is 0 Å². The third kappa shape index (κ3) is 3.07. The predicted molar refractivity (Wildman–Crippen MR) is 109 cm³/mol. The number of ketones is 1. The molecule has 1 aliphatic rings. The van der Waals surface area contributed by atoms with Crippen LogP contribution < -0.4 is 0 Å². The van der Waals surface area contributed by atoms with Crippen molar-refractivity contribution in [3.8, 4) is 0 Å². The Morgan fingerprint density at radius 2 is 1.04 bits per heavy atom. The number of benzene rings is 2. The van der Waals surface area contributed by atoms with Gasteiger partial charge in [-0.25, -0.2) is 0 Å². The van der Waals surface area contributed by atoms with Gasteiger partial charge in [-0.15, -0.1) is 0 Å². The zero-order valence-electron chi connectivity index (χ0n) is 15.0. The second-order valence-corrected chi connectivity index (χ2v) is 6.78. The Balaban J connectivity index is 1.44. The van der Waals surface area contributed by atoms with Gasteiger partial charge < -0.3 is 0 Å². The second kappa shape index (κ2) is 6.78. The van der Waals surface area contributed by atoms with Crippen molar-refractivity contribution < 1.29 is 4.79 Å². The molecular weight excluding hydrogens is 348 g/mol. The zero-order chi connectivity index (χ0) is 18.9. The van der Waals surface area contributed by atoms with Gasteiger partial charge in [-0.2, -0.15) is 0 Å². The van der Waals surface area contributed by atoms with Gasteiger partial charge in [0.15, 0.2) is 5.78 Å². The molecule has 5 heteroatoms. The van der Waals surface area contributed by atoms with E-state index in [4.69, 9.17) is 0 Å². The number of rotatable bonds is 2. The maximum Gasteiger partial charge on any atom is 0.185 e. The molecule has 0 saturated heterocycles. The van der Waals surface area contributed by atoms with Gasteiger partial charge in [-0.1, -0.05) is 12.1 Å². The van der Waals surface area contributed by atoms with Crippen LogP contribution in [-0.4, -0.2) is 25.7 Å². The SMILES string of the molecule is O=C1C(=Cc2ccc3nccnc3c2)CCC1=Cc1ccc2nccnc2c1. The monoisotopic (exact) mass is 364 g/mol. The van der Waals surface area contributed by atoms with E-state index in [1.165, 1.54) is 0 Å². The number of nitrogens with zero attached hydrogens (tertiary/aromatic N) is 4. The largest absolute Gasteiger partial charge is 0.289 e. The Morgan fingerprint density at radius 1 is 0.607 bits per heavy atom. The van der Waals surface area contributed by atoms with Gasteiger partial charge in [0.05, 0.1) is 22.1 Å². The van der Waals surface area contributed by atoms with Crippen LogP contribution in [0.3, 0.4) is 0 Å². The molecule has 0 atom stereocenters. The molecule has 28 heavy (non-hydrogen) atoms.